The average molecular weight is 238 g/mol. The van der Waals surface area contributed by atoms with Crippen molar-refractivity contribution in [3.05, 3.63) is 66.5 Å². The van der Waals surface area contributed by atoms with Gasteiger partial charge < -0.3 is 9.47 Å². The standard InChI is InChI=1S/C16H14O2/c1-3-7-14-11(5-1)12-9-10-17-16(12)13-6-2-4-8-15(13)18-14/h1-10,12-13,15-16H. The van der Waals surface area contributed by atoms with Crippen LogP contribution in [0.25, 0.3) is 0 Å². The van der Waals surface area contributed by atoms with Crippen molar-refractivity contribution < 1.29 is 9.47 Å². The Kier molecular flexibility index (Phi) is 2.10. The summed E-state index contributed by atoms with van der Waals surface area (Å²) in [6, 6.07) is 8.27. The highest BCUT2D eigenvalue weighted by Gasteiger charge is 2.41. The van der Waals surface area contributed by atoms with Crippen molar-refractivity contribution in [2.45, 2.75) is 18.1 Å². The first-order valence-electron chi connectivity index (χ1n) is 6.36. The van der Waals surface area contributed by atoms with Crippen LogP contribution in [0.5, 0.6) is 5.75 Å². The molecule has 1 aliphatic carbocycles. The molecule has 3 aliphatic rings. The second-order valence-corrected chi connectivity index (χ2v) is 4.92. The third-order valence-corrected chi connectivity index (χ3v) is 3.92. The first-order valence-corrected chi connectivity index (χ1v) is 6.36. The smallest absolute Gasteiger partial charge is 0.127 e. The molecule has 0 spiro atoms. The summed E-state index contributed by atoms with van der Waals surface area (Å²) in [6.07, 6.45) is 12.6. The van der Waals surface area contributed by atoms with Crippen molar-refractivity contribution in [1.82, 2.24) is 0 Å². The Hall–Kier alpha value is -1.96. The molecule has 0 saturated heterocycles. The van der Waals surface area contributed by atoms with Crippen LogP contribution in [0.3, 0.4) is 0 Å². The molecule has 90 valence electrons. The molecule has 2 aliphatic heterocycles. The van der Waals surface area contributed by atoms with Gasteiger partial charge in [0.1, 0.15) is 18.0 Å². The summed E-state index contributed by atoms with van der Waals surface area (Å²) >= 11 is 0. The lowest BCUT2D eigenvalue weighted by Gasteiger charge is -2.28. The molecule has 0 amide bonds. The largest absolute Gasteiger partial charge is 0.497 e. The van der Waals surface area contributed by atoms with Crippen molar-refractivity contribution in [2.75, 3.05) is 0 Å². The molecule has 0 N–H and O–H groups in total. The van der Waals surface area contributed by atoms with Gasteiger partial charge in [0.15, 0.2) is 0 Å². The normalized spacial score (nSPS) is 34.9. The number of rotatable bonds is 0. The second-order valence-electron chi connectivity index (χ2n) is 4.92. The van der Waals surface area contributed by atoms with Crippen molar-refractivity contribution in [2.24, 2.45) is 5.92 Å². The van der Waals surface area contributed by atoms with E-state index in [0.717, 1.165) is 5.75 Å². The minimum absolute atomic E-state index is 0.0750. The molecule has 2 heterocycles. The Labute approximate surface area is 106 Å². The van der Waals surface area contributed by atoms with Crippen LogP contribution < -0.4 is 4.74 Å². The van der Waals surface area contributed by atoms with E-state index in [0.29, 0.717) is 5.92 Å². The van der Waals surface area contributed by atoms with Crippen molar-refractivity contribution >= 4 is 0 Å². The Bertz CT molecular complexity index is 556. The number of ether oxygens (including phenoxy) is 2. The molecule has 2 heteroatoms. The number of hydrogen-bond acceptors (Lipinski definition) is 2. The Morgan fingerprint density at radius 3 is 2.83 bits per heavy atom. The monoisotopic (exact) mass is 238 g/mol. The predicted molar refractivity (Wildman–Crippen MR) is 69.4 cm³/mol. The molecule has 4 rings (SSSR count). The fourth-order valence-electron chi connectivity index (χ4n) is 3.05. The molecular formula is C16H14O2. The van der Waals surface area contributed by atoms with Gasteiger partial charge in [0.25, 0.3) is 0 Å². The number of fused-ring (bicyclic) bond motifs is 5. The van der Waals surface area contributed by atoms with E-state index in [1.165, 1.54) is 5.56 Å². The number of hydrogen-bond donors (Lipinski definition) is 0. The van der Waals surface area contributed by atoms with Crippen LogP contribution in [0.4, 0.5) is 0 Å². The van der Waals surface area contributed by atoms with Gasteiger partial charge in [-0.3, -0.25) is 0 Å². The third kappa shape index (κ3) is 1.35. The van der Waals surface area contributed by atoms with E-state index < -0.39 is 0 Å². The maximum atomic E-state index is 6.15. The summed E-state index contributed by atoms with van der Waals surface area (Å²) in [5.74, 6) is 1.56. The number of para-hydroxylation sites is 1. The second kappa shape index (κ2) is 3.77. The lowest BCUT2D eigenvalue weighted by atomic mass is 9.83. The zero-order valence-electron chi connectivity index (χ0n) is 9.90. The molecule has 0 saturated carbocycles. The maximum Gasteiger partial charge on any atom is 0.127 e. The van der Waals surface area contributed by atoms with Crippen LogP contribution in [-0.2, 0) is 4.74 Å². The molecule has 0 radical (unpaired) electrons. The van der Waals surface area contributed by atoms with Gasteiger partial charge in [-0.15, -0.1) is 0 Å². The zero-order chi connectivity index (χ0) is 11.9. The van der Waals surface area contributed by atoms with E-state index >= 15 is 0 Å². The molecule has 1 aromatic carbocycles. The summed E-state index contributed by atoms with van der Waals surface area (Å²) in [4.78, 5) is 0. The fraction of sp³-hybridized carbons (Fsp3) is 0.250. The van der Waals surface area contributed by atoms with Gasteiger partial charge in [0, 0.05) is 11.5 Å². The number of benzene rings is 1. The zero-order valence-corrected chi connectivity index (χ0v) is 9.90. The van der Waals surface area contributed by atoms with E-state index in [4.69, 9.17) is 9.47 Å². The Morgan fingerprint density at radius 2 is 1.83 bits per heavy atom. The van der Waals surface area contributed by atoms with Gasteiger partial charge in [-0.25, -0.2) is 0 Å². The van der Waals surface area contributed by atoms with Crippen molar-refractivity contribution in [3.63, 3.8) is 0 Å². The highest BCUT2D eigenvalue weighted by Crippen LogP contribution is 2.43. The summed E-state index contributed by atoms with van der Waals surface area (Å²) in [5.41, 5.74) is 1.23. The maximum absolute atomic E-state index is 6.15. The van der Waals surface area contributed by atoms with Gasteiger partial charge >= 0.3 is 0 Å². The Balaban J connectivity index is 1.86. The quantitative estimate of drug-likeness (QED) is 0.691. The molecule has 4 atom stereocenters. The molecule has 18 heavy (non-hydrogen) atoms. The number of allylic oxidation sites excluding steroid dienone is 2. The molecule has 4 unspecified atom stereocenters. The van der Waals surface area contributed by atoms with E-state index in [9.17, 15) is 0 Å². The molecule has 1 aromatic rings. The van der Waals surface area contributed by atoms with Crippen LogP contribution >= 0.6 is 0 Å². The molecule has 0 aromatic heterocycles. The third-order valence-electron chi connectivity index (χ3n) is 3.92. The highest BCUT2D eigenvalue weighted by atomic mass is 16.5. The minimum atomic E-state index is 0.0750. The topological polar surface area (TPSA) is 18.5 Å². The van der Waals surface area contributed by atoms with E-state index in [2.05, 4.69) is 36.4 Å². The van der Waals surface area contributed by atoms with Crippen LogP contribution in [0.2, 0.25) is 0 Å². The molecular weight excluding hydrogens is 224 g/mol. The summed E-state index contributed by atoms with van der Waals surface area (Å²) in [7, 11) is 0. The molecule has 0 fully saturated rings. The highest BCUT2D eigenvalue weighted by molar-refractivity contribution is 5.43. The summed E-state index contributed by atoms with van der Waals surface area (Å²) in [5, 5.41) is 0. The Morgan fingerprint density at radius 1 is 0.944 bits per heavy atom. The van der Waals surface area contributed by atoms with E-state index in [1.54, 1.807) is 0 Å². The lowest BCUT2D eigenvalue weighted by Crippen LogP contribution is -2.34. The van der Waals surface area contributed by atoms with Crippen LogP contribution in [0, 0.1) is 5.92 Å². The van der Waals surface area contributed by atoms with Crippen LogP contribution in [0.1, 0.15) is 11.5 Å². The summed E-state index contributed by atoms with van der Waals surface area (Å²) in [6.45, 7) is 0. The van der Waals surface area contributed by atoms with Crippen molar-refractivity contribution in [3.8, 4) is 5.75 Å². The fourth-order valence-corrected chi connectivity index (χ4v) is 3.05. The molecule has 0 bridgehead atoms. The van der Waals surface area contributed by atoms with Gasteiger partial charge in [-0.2, -0.15) is 0 Å². The van der Waals surface area contributed by atoms with Crippen LogP contribution in [0.15, 0.2) is 60.9 Å². The predicted octanol–water partition coefficient (Wildman–Crippen LogP) is 3.19. The lowest BCUT2D eigenvalue weighted by molar-refractivity contribution is 0.0740. The van der Waals surface area contributed by atoms with Gasteiger partial charge in [0.05, 0.1) is 12.2 Å². The van der Waals surface area contributed by atoms with Crippen LogP contribution in [-0.4, -0.2) is 12.2 Å². The average Bonchev–Trinajstić information content (AvgIpc) is 2.84. The minimum Gasteiger partial charge on any atom is -0.497 e. The van der Waals surface area contributed by atoms with E-state index in [-0.39, 0.29) is 18.1 Å². The SMILES string of the molecule is C1=CC2Oc3ccccc3C3C=COC3C2C=C1. The van der Waals surface area contributed by atoms with Gasteiger partial charge in [-0.05, 0) is 18.2 Å². The first kappa shape index (κ1) is 10.0. The molecule has 2 nitrogen and oxygen atoms in total. The van der Waals surface area contributed by atoms with Gasteiger partial charge in [0.2, 0.25) is 0 Å². The van der Waals surface area contributed by atoms with Gasteiger partial charge in [-0.1, -0.05) is 36.4 Å². The summed E-state index contributed by atoms with van der Waals surface area (Å²) < 4.78 is 12.0. The van der Waals surface area contributed by atoms with E-state index in [1.807, 2.05) is 24.5 Å². The first-order chi connectivity index (χ1) is 8.93. The van der Waals surface area contributed by atoms with Crippen molar-refractivity contribution in [1.29, 1.82) is 0 Å².